The van der Waals surface area contributed by atoms with Gasteiger partial charge in [-0.25, -0.2) is 4.79 Å². The Bertz CT molecular complexity index is 731. The number of hydrogen-bond donors (Lipinski definition) is 0. The maximum Gasteiger partial charge on any atom is 0.387 e. The van der Waals surface area contributed by atoms with E-state index in [1.807, 2.05) is 0 Å². The molecule has 0 radical (unpaired) electrons. The third-order valence-electron chi connectivity index (χ3n) is 2.89. The van der Waals surface area contributed by atoms with Crippen molar-refractivity contribution in [1.82, 2.24) is 20.2 Å². The molecule has 0 fully saturated rings. The second-order valence-electron chi connectivity index (χ2n) is 4.69. The van der Waals surface area contributed by atoms with Crippen molar-refractivity contribution in [2.75, 3.05) is 6.61 Å². The minimum absolute atomic E-state index is 0.00474. The van der Waals surface area contributed by atoms with Crippen LogP contribution in [0.3, 0.4) is 0 Å². The second kappa shape index (κ2) is 8.14. The number of alkyl halides is 2. The molecule has 9 heteroatoms. The van der Waals surface area contributed by atoms with Gasteiger partial charge in [0.05, 0.1) is 13.2 Å². The fraction of sp³-hybridized carbons (Fsp3) is 0.333. The molecule has 0 aliphatic rings. The summed E-state index contributed by atoms with van der Waals surface area (Å²) >= 11 is 0. The molecule has 0 aliphatic heterocycles. The third-order valence-corrected chi connectivity index (χ3v) is 2.89. The number of hydrogen-bond acceptors (Lipinski definition) is 6. The number of aryl methyl sites for hydroxylation is 1. The number of aromatic nitrogens is 4. The van der Waals surface area contributed by atoms with Crippen molar-refractivity contribution < 1.29 is 23.0 Å². The minimum atomic E-state index is -2.93. The van der Waals surface area contributed by atoms with Gasteiger partial charge in [-0.2, -0.15) is 13.6 Å². The van der Waals surface area contributed by atoms with E-state index in [0.29, 0.717) is 17.0 Å². The Hall–Kier alpha value is -2.84. The molecule has 0 saturated heterocycles. The fourth-order valence-electron chi connectivity index (χ4n) is 1.95. The Morgan fingerprint density at radius 1 is 1.42 bits per heavy atom. The van der Waals surface area contributed by atoms with Crippen LogP contribution in [0.5, 0.6) is 5.75 Å². The Morgan fingerprint density at radius 2 is 2.21 bits per heavy atom. The van der Waals surface area contributed by atoms with Crippen LogP contribution >= 0.6 is 0 Å². The van der Waals surface area contributed by atoms with Crippen LogP contribution in [0.2, 0.25) is 0 Å². The van der Waals surface area contributed by atoms with E-state index >= 15 is 0 Å². The van der Waals surface area contributed by atoms with Crippen molar-refractivity contribution >= 4 is 12.0 Å². The monoisotopic (exact) mass is 338 g/mol. The van der Waals surface area contributed by atoms with E-state index < -0.39 is 12.6 Å². The Balaban J connectivity index is 2.28. The van der Waals surface area contributed by atoms with Crippen LogP contribution in [-0.4, -0.2) is 39.4 Å². The normalized spacial score (nSPS) is 11.2. The molecule has 24 heavy (non-hydrogen) atoms. The van der Waals surface area contributed by atoms with Gasteiger partial charge in [-0.1, -0.05) is 6.07 Å². The molecule has 7 nitrogen and oxygen atoms in total. The van der Waals surface area contributed by atoms with Crippen LogP contribution in [0.25, 0.3) is 6.08 Å². The van der Waals surface area contributed by atoms with Gasteiger partial charge in [0.15, 0.2) is 5.82 Å². The van der Waals surface area contributed by atoms with Gasteiger partial charge >= 0.3 is 12.6 Å². The molecule has 2 aromatic rings. The SMILES string of the molecule is CCOC(=O)/C=C/c1ccc(OC(F)F)cc1Cn1nnc(C)n1. The summed E-state index contributed by atoms with van der Waals surface area (Å²) in [6.45, 7) is 0.905. The highest BCUT2D eigenvalue weighted by Gasteiger charge is 2.10. The van der Waals surface area contributed by atoms with E-state index in [1.165, 1.54) is 29.1 Å². The first-order valence-electron chi connectivity index (χ1n) is 7.15. The second-order valence-corrected chi connectivity index (χ2v) is 4.69. The number of ether oxygens (including phenoxy) is 2. The molecule has 2 rings (SSSR count). The molecular formula is C15H16F2N4O3. The average molecular weight is 338 g/mol. The number of benzene rings is 1. The van der Waals surface area contributed by atoms with E-state index in [-0.39, 0.29) is 18.9 Å². The lowest BCUT2D eigenvalue weighted by atomic mass is 10.1. The van der Waals surface area contributed by atoms with Crippen LogP contribution < -0.4 is 4.74 Å². The largest absolute Gasteiger partial charge is 0.463 e. The van der Waals surface area contributed by atoms with Crippen molar-refractivity contribution in [2.24, 2.45) is 0 Å². The standard InChI is InChI=1S/C15H16F2N4O3/c1-3-23-14(22)7-5-11-4-6-13(24-15(16)17)8-12(11)9-21-19-10(2)18-20-21/h4-8,15H,3,9H2,1-2H3/b7-5+. The van der Waals surface area contributed by atoms with E-state index in [0.717, 1.165) is 0 Å². The number of nitrogens with zero attached hydrogens (tertiary/aromatic N) is 4. The maximum atomic E-state index is 12.4. The number of carbonyl (C=O) groups is 1. The highest BCUT2D eigenvalue weighted by molar-refractivity contribution is 5.87. The van der Waals surface area contributed by atoms with Crippen molar-refractivity contribution in [3.05, 3.63) is 41.2 Å². The lowest BCUT2D eigenvalue weighted by Gasteiger charge is -2.10. The van der Waals surface area contributed by atoms with E-state index in [1.54, 1.807) is 19.9 Å². The van der Waals surface area contributed by atoms with Gasteiger partial charge in [0.1, 0.15) is 5.75 Å². The lowest BCUT2D eigenvalue weighted by Crippen LogP contribution is -2.07. The van der Waals surface area contributed by atoms with Gasteiger partial charge in [0, 0.05) is 6.08 Å². The Kier molecular flexibility index (Phi) is 5.94. The molecule has 0 N–H and O–H groups in total. The van der Waals surface area contributed by atoms with Crippen molar-refractivity contribution in [3.8, 4) is 5.75 Å². The van der Waals surface area contributed by atoms with Crippen LogP contribution in [0.1, 0.15) is 23.9 Å². The van der Waals surface area contributed by atoms with Gasteiger partial charge in [0.25, 0.3) is 0 Å². The summed E-state index contributed by atoms with van der Waals surface area (Å²) < 4.78 is 34.0. The highest BCUT2D eigenvalue weighted by Crippen LogP contribution is 2.21. The summed E-state index contributed by atoms with van der Waals surface area (Å²) in [5.74, 6) is -0.00481. The first-order chi connectivity index (χ1) is 11.5. The molecule has 0 unspecified atom stereocenters. The molecule has 0 spiro atoms. The molecular weight excluding hydrogens is 322 g/mol. The summed E-state index contributed by atoms with van der Waals surface area (Å²) in [4.78, 5) is 12.7. The summed E-state index contributed by atoms with van der Waals surface area (Å²) in [7, 11) is 0. The predicted molar refractivity (Wildman–Crippen MR) is 80.4 cm³/mol. The molecule has 0 saturated carbocycles. The molecule has 0 amide bonds. The lowest BCUT2D eigenvalue weighted by molar-refractivity contribution is -0.137. The zero-order chi connectivity index (χ0) is 17.5. The number of carbonyl (C=O) groups excluding carboxylic acids is 1. The molecule has 1 aromatic carbocycles. The molecule has 1 heterocycles. The smallest absolute Gasteiger partial charge is 0.387 e. The summed E-state index contributed by atoms with van der Waals surface area (Å²) in [5.41, 5.74) is 1.21. The Morgan fingerprint density at radius 3 is 2.83 bits per heavy atom. The molecule has 128 valence electrons. The van der Waals surface area contributed by atoms with Gasteiger partial charge in [-0.05, 0) is 48.4 Å². The third kappa shape index (κ3) is 5.11. The molecule has 0 atom stereocenters. The average Bonchev–Trinajstić information content (AvgIpc) is 2.91. The van der Waals surface area contributed by atoms with Crippen LogP contribution in [0.15, 0.2) is 24.3 Å². The first-order valence-corrected chi connectivity index (χ1v) is 7.15. The molecule has 0 aliphatic carbocycles. The van der Waals surface area contributed by atoms with Crippen LogP contribution in [0.4, 0.5) is 8.78 Å². The van der Waals surface area contributed by atoms with E-state index in [2.05, 4.69) is 20.1 Å². The van der Waals surface area contributed by atoms with E-state index in [9.17, 15) is 13.6 Å². The summed E-state index contributed by atoms with van der Waals surface area (Å²) in [6.07, 6.45) is 2.79. The summed E-state index contributed by atoms with van der Waals surface area (Å²) in [6, 6.07) is 4.39. The Labute approximate surface area is 136 Å². The van der Waals surface area contributed by atoms with Crippen molar-refractivity contribution in [1.29, 1.82) is 0 Å². The van der Waals surface area contributed by atoms with Gasteiger partial charge in [-0.3, -0.25) is 0 Å². The van der Waals surface area contributed by atoms with Crippen molar-refractivity contribution in [2.45, 2.75) is 27.0 Å². The number of tetrazole rings is 1. The van der Waals surface area contributed by atoms with Gasteiger partial charge in [-0.15, -0.1) is 10.2 Å². The number of esters is 1. The van der Waals surface area contributed by atoms with Crippen LogP contribution in [0, 0.1) is 6.92 Å². The number of halogens is 2. The van der Waals surface area contributed by atoms with Crippen molar-refractivity contribution in [3.63, 3.8) is 0 Å². The molecule has 1 aromatic heterocycles. The zero-order valence-corrected chi connectivity index (χ0v) is 13.1. The predicted octanol–water partition coefficient (Wildman–Crippen LogP) is 2.21. The fourth-order valence-corrected chi connectivity index (χ4v) is 1.95. The zero-order valence-electron chi connectivity index (χ0n) is 13.1. The van der Waals surface area contributed by atoms with Gasteiger partial charge < -0.3 is 9.47 Å². The van der Waals surface area contributed by atoms with Gasteiger partial charge in [0.2, 0.25) is 0 Å². The quantitative estimate of drug-likeness (QED) is 0.569. The topological polar surface area (TPSA) is 79.1 Å². The first kappa shape index (κ1) is 17.5. The minimum Gasteiger partial charge on any atom is -0.463 e. The number of rotatable bonds is 7. The summed E-state index contributed by atoms with van der Waals surface area (Å²) in [5, 5.41) is 11.6. The highest BCUT2D eigenvalue weighted by atomic mass is 19.3. The van der Waals surface area contributed by atoms with Crippen LogP contribution in [-0.2, 0) is 16.1 Å². The molecule has 0 bridgehead atoms. The maximum absolute atomic E-state index is 12.4. The van der Waals surface area contributed by atoms with E-state index in [4.69, 9.17) is 4.74 Å².